The number of hydrogen-bond acceptors (Lipinski definition) is 6. The fourth-order valence-electron chi connectivity index (χ4n) is 3.26. The summed E-state index contributed by atoms with van der Waals surface area (Å²) in [6.45, 7) is 3.88. The molecule has 7 nitrogen and oxygen atoms in total. The van der Waals surface area contributed by atoms with Gasteiger partial charge < -0.3 is 23.9 Å². The molecule has 31 heavy (non-hydrogen) atoms. The van der Waals surface area contributed by atoms with Crippen LogP contribution in [-0.2, 0) is 33.7 Å². The summed E-state index contributed by atoms with van der Waals surface area (Å²) in [6.07, 6.45) is 1.58. The third kappa shape index (κ3) is 5.36. The Balaban J connectivity index is 1.54. The fourth-order valence-corrected chi connectivity index (χ4v) is 3.26. The minimum atomic E-state index is -0.919. The zero-order valence-corrected chi connectivity index (χ0v) is 18.2. The summed E-state index contributed by atoms with van der Waals surface area (Å²) in [5, 5.41) is 3.64. The van der Waals surface area contributed by atoms with Gasteiger partial charge in [-0.15, -0.1) is 0 Å². The highest BCUT2D eigenvalue weighted by molar-refractivity contribution is 5.88. The van der Waals surface area contributed by atoms with Crippen molar-refractivity contribution in [1.82, 2.24) is 5.32 Å². The normalized spacial score (nSPS) is 11.7. The molecule has 1 N–H and O–H groups in total. The van der Waals surface area contributed by atoms with E-state index in [1.165, 1.54) is 0 Å². The lowest BCUT2D eigenvalue weighted by molar-refractivity contribution is -0.154. The Kier molecular flexibility index (Phi) is 7.18. The van der Waals surface area contributed by atoms with Crippen molar-refractivity contribution >= 4 is 22.8 Å². The molecule has 2 aromatic carbocycles. The van der Waals surface area contributed by atoms with Crippen LogP contribution in [0.1, 0.15) is 30.5 Å². The summed E-state index contributed by atoms with van der Waals surface area (Å²) in [5.74, 6) is 0.313. The van der Waals surface area contributed by atoms with Crippen LogP contribution in [0.15, 0.2) is 47.1 Å². The number of methoxy groups -OCH3 is 2. The van der Waals surface area contributed by atoms with Gasteiger partial charge in [-0.2, -0.15) is 0 Å². The first-order chi connectivity index (χ1) is 14.9. The molecule has 164 valence electrons. The smallest absolute Gasteiger partial charge is 0.311 e. The van der Waals surface area contributed by atoms with Gasteiger partial charge in [0, 0.05) is 17.5 Å². The number of fused-ring (bicyclic) bond motifs is 1. The molecule has 0 aliphatic carbocycles. The van der Waals surface area contributed by atoms with Crippen LogP contribution >= 0.6 is 0 Å². The maximum absolute atomic E-state index is 12.4. The van der Waals surface area contributed by atoms with Crippen molar-refractivity contribution in [2.45, 2.75) is 39.3 Å². The number of rotatable bonds is 9. The molecule has 0 aliphatic heterocycles. The van der Waals surface area contributed by atoms with E-state index in [2.05, 4.69) is 12.2 Å². The minimum absolute atomic E-state index is 0.0335. The van der Waals surface area contributed by atoms with E-state index < -0.39 is 12.1 Å². The van der Waals surface area contributed by atoms with Crippen LogP contribution in [0.3, 0.4) is 0 Å². The molecular weight excluding hydrogens is 398 g/mol. The van der Waals surface area contributed by atoms with Crippen LogP contribution in [0.4, 0.5) is 0 Å². The SMILES string of the molecule is CCc1ccc2c(CC(=O)O[C@@H](C)C(=O)NCc3ccc(OC)c(OC)c3)coc2c1. The van der Waals surface area contributed by atoms with Gasteiger partial charge in [-0.1, -0.05) is 25.1 Å². The molecule has 0 aliphatic rings. The number of carbonyl (C=O) groups excluding carboxylic acids is 2. The lowest BCUT2D eigenvalue weighted by Gasteiger charge is -2.14. The van der Waals surface area contributed by atoms with Crippen molar-refractivity contribution in [1.29, 1.82) is 0 Å². The highest BCUT2D eigenvalue weighted by Gasteiger charge is 2.19. The van der Waals surface area contributed by atoms with Crippen LogP contribution in [0.25, 0.3) is 11.0 Å². The Morgan fingerprint density at radius 1 is 1.03 bits per heavy atom. The number of aryl methyl sites for hydroxylation is 1. The summed E-state index contributed by atoms with van der Waals surface area (Å²) in [5.41, 5.74) is 3.47. The lowest BCUT2D eigenvalue weighted by atomic mass is 10.1. The molecular formula is C24H27NO6. The molecule has 3 aromatic rings. The van der Waals surface area contributed by atoms with Crippen molar-refractivity contribution in [2.24, 2.45) is 0 Å². The van der Waals surface area contributed by atoms with E-state index in [1.807, 2.05) is 24.3 Å². The van der Waals surface area contributed by atoms with E-state index in [9.17, 15) is 9.59 Å². The summed E-state index contributed by atoms with van der Waals surface area (Å²) in [7, 11) is 3.11. The average Bonchev–Trinajstić information content (AvgIpc) is 3.18. The third-order valence-corrected chi connectivity index (χ3v) is 5.06. The van der Waals surface area contributed by atoms with Gasteiger partial charge in [-0.25, -0.2) is 0 Å². The number of ether oxygens (including phenoxy) is 3. The van der Waals surface area contributed by atoms with Crippen molar-refractivity contribution in [2.75, 3.05) is 14.2 Å². The molecule has 0 spiro atoms. The zero-order valence-electron chi connectivity index (χ0n) is 18.2. The first-order valence-corrected chi connectivity index (χ1v) is 10.1. The lowest BCUT2D eigenvalue weighted by Crippen LogP contribution is -2.35. The maximum atomic E-state index is 12.4. The molecule has 0 saturated carbocycles. The van der Waals surface area contributed by atoms with E-state index >= 15 is 0 Å². The van der Waals surface area contributed by atoms with Crippen LogP contribution in [0.2, 0.25) is 0 Å². The molecule has 7 heteroatoms. The topological polar surface area (TPSA) is 87.0 Å². The van der Waals surface area contributed by atoms with E-state index in [0.29, 0.717) is 11.5 Å². The van der Waals surface area contributed by atoms with Crippen molar-refractivity contribution in [3.8, 4) is 11.5 Å². The molecule has 0 radical (unpaired) electrons. The number of hydrogen-bond donors (Lipinski definition) is 1. The number of furan rings is 1. The van der Waals surface area contributed by atoms with Crippen LogP contribution < -0.4 is 14.8 Å². The standard InChI is InChI=1S/C24H27NO6/c1-5-16-6-8-19-18(14-30-21(19)10-16)12-23(26)31-15(2)24(27)25-13-17-7-9-20(28-3)22(11-17)29-4/h6-11,14-15H,5,12-13H2,1-4H3,(H,25,27)/t15-/m0/s1. The highest BCUT2D eigenvalue weighted by atomic mass is 16.5. The van der Waals surface area contributed by atoms with Crippen LogP contribution in [-0.4, -0.2) is 32.2 Å². The second-order valence-electron chi connectivity index (χ2n) is 7.16. The predicted octanol–water partition coefficient (Wildman–Crippen LogP) is 3.80. The second-order valence-corrected chi connectivity index (χ2v) is 7.16. The van der Waals surface area contributed by atoms with Crippen molar-refractivity contribution in [3.05, 3.63) is 59.4 Å². The molecule has 0 bridgehead atoms. The molecule has 1 amide bonds. The minimum Gasteiger partial charge on any atom is -0.493 e. The van der Waals surface area contributed by atoms with E-state index in [4.69, 9.17) is 18.6 Å². The quantitative estimate of drug-likeness (QED) is 0.525. The van der Waals surface area contributed by atoms with E-state index in [-0.39, 0.29) is 18.9 Å². The third-order valence-electron chi connectivity index (χ3n) is 5.06. The Morgan fingerprint density at radius 2 is 1.77 bits per heavy atom. The highest BCUT2D eigenvalue weighted by Crippen LogP contribution is 2.27. The molecule has 0 saturated heterocycles. The van der Waals surface area contributed by atoms with Gasteiger partial charge in [0.25, 0.3) is 5.91 Å². The monoisotopic (exact) mass is 425 g/mol. The van der Waals surface area contributed by atoms with Gasteiger partial charge in [0.05, 0.1) is 26.9 Å². The average molecular weight is 425 g/mol. The van der Waals surface area contributed by atoms with Crippen LogP contribution in [0, 0.1) is 0 Å². The van der Waals surface area contributed by atoms with Gasteiger partial charge in [0.2, 0.25) is 0 Å². The number of benzene rings is 2. The molecule has 0 fully saturated rings. The summed E-state index contributed by atoms with van der Waals surface area (Å²) < 4.78 is 21.3. The first-order valence-electron chi connectivity index (χ1n) is 10.1. The Labute approximate surface area is 181 Å². The number of amides is 1. The van der Waals surface area contributed by atoms with Crippen molar-refractivity contribution < 1.29 is 28.2 Å². The van der Waals surface area contributed by atoms with Crippen LogP contribution in [0.5, 0.6) is 11.5 Å². The van der Waals surface area contributed by atoms with Gasteiger partial charge in [-0.05, 0) is 42.7 Å². The molecule has 1 atom stereocenters. The second kappa shape index (κ2) is 10.0. The Bertz CT molecular complexity index is 1070. The molecule has 1 heterocycles. The van der Waals surface area contributed by atoms with E-state index in [1.54, 1.807) is 39.5 Å². The zero-order chi connectivity index (χ0) is 22.4. The van der Waals surface area contributed by atoms with Gasteiger partial charge in [-0.3, -0.25) is 9.59 Å². The Hall–Kier alpha value is -3.48. The maximum Gasteiger partial charge on any atom is 0.311 e. The predicted molar refractivity (Wildman–Crippen MR) is 116 cm³/mol. The summed E-state index contributed by atoms with van der Waals surface area (Å²) in [4.78, 5) is 24.7. The van der Waals surface area contributed by atoms with Crippen molar-refractivity contribution in [3.63, 3.8) is 0 Å². The first kappa shape index (κ1) is 22.2. The fraction of sp³-hybridized carbons (Fsp3) is 0.333. The van der Waals surface area contributed by atoms with Gasteiger partial charge >= 0.3 is 5.97 Å². The number of esters is 1. The summed E-state index contributed by atoms with van der Waals surface area (Å²) in [6, 6.07) is 11.3. The summed E-state index contributed by atoms with van der Waals surface area (Å²) >= 11 is 0. The van der Waals surface area contributed by atoms with E-state index in [0.717, 1.165) is 34.1 Å². The van der Waals surface area contributed by atoms with Gasteiger partial charge in [0.15, 0.2) is 17.6 Å². The number of carbonyl (C=O) groups is 2. The number of nitrogens with one attached hydrogen (secondary N) is 1. The molecule has 1 aromatic heterocycles. The van der Waals surface area contributed by atoms with Gasteiger partial charge in [0.1, 0.15) is 5.58 Å². The molecule has 3 rings (SSSR count). The molecule has 0 unspecified atom stereocenters. The largest absolute Gasteiger partial charge is 0.493 e. The Morgan fingerprint density at radius 3 is 2.48 bits per heavy atom.